The highest BCUT2D eigenvalue weighted by Crippen LogP contribution is 2.22. The van der Waals surface area contributed by atoms with E-state index in [1.54, 1.807) is 6.08 Å². The van der Waals surface area contributed by atoms with Crippen molar-refractivity contribution in [3.05, 3.63) is 82.9 Å². The van der Waals surface area contributed by atoms with E-state index in [0.717, 1.165) is 33.2 Å². The topological polar surface area (TPSA) is 52.9 Å². The number of nitriles is 1. The summed E-state index contributed by atoms with van der Waals surface area (Å²) < 4.78 is 0. The second-order valence-corrected chi connectivity index (χ2v) is 5.94. The molecule has 0 fully saturated rings. The number of nitrogens with one attached hydrogen (secondary N) is 1. The van der Waals surface area contributed by atoms with Gasteiger partial charge in [-0.2, -0.15) is 5.26 Å². The first-order valence-electron chi connectivity index (χ1n) is 8.07. The zero-order valence-electron chi connectivity index (χ0n) is 14.2. The van der Waals surface area contributed by atoms with E-state index in [2.05, 4.69) is 5.32 Å². The SMILES string of the molecule is Cc1cccc(NC(=O)/C(C#N)=C\c2cccc3ccccc23)c1C. The molecule has 3 nitrogen and oxygen atoms in total. The van der Waals surface area contributed by atoms with Crippen LogP contribution >= 0.6 is 0 Å². The van der Waals surface area contributed by atoms with Gasteiger partial charge in [0.25, 0.3) is 5.91 Å². The van der Waals surface area contributed by atoms with Gasteiger partial charge in [-0.15, -0.1) is 0 Å². The Morgan fingerprint density at radius 1 is 1.00 bits per heavy atom. The van der Waals surface area contributed by atoms with Crippen LogP contribution in [-0.4, -0.2) is 5.91 Å². The highest BCUT2D eigenvalue weighted by Gasteiger charge is 2.12. The minimum absolute atomic E-state index is 0.0808. The number of rotatable bonds is 3. The van der Waals surface area contributed by atoms with Crippen LogP contribution in [-0.2, 0) is 4.79 Å². The first-order valence-corrected chi connectivity index (χ1v) is 8.07. The quantitative estimate of drug-likeness (QED) is 0.544. The third-order valence-electron chi connectivity index (χ3n) is 4.34. The van der Waals surface area contributed by atoms with Crippen molar-refractivity contribution in [3.8, 4) is 6.07 Å². The Bertz CT molecular complexity index is 1020. The monoisotopic (exact) mass is 326 g/mol. The first-order chi connectivity index (χ1) is 12.1. The fraction of sp³-hybridized carbons (Fsp3) is 0.0909. The molecule has 1 N–H and O–H groups in total. The summed E-state index contributed by atoms with van der Waals surface area (Å²) in [6.45, 7) is 3.94. The molecule has 0 unspecified atom stereocenters. The molecule has 0 aliphatic rings. The molecule has 0 aliphatic heterocycles. The van der Waals surface area contributed by atoms with Crippen LogP contribution in [0.2, 0.25) is 0 Å². The number of nitrogens with zero attached hydrogens (tertiary/aromatic N) is 1. The van der Waals surface area contributed by atoms with Crippen molar-refractivity contribution in [2.24, 2.45) is 0 Å². The fourth-order valence-corrected chi connectivity index (χ4v) is 2.76. The first kappa shape index (κ1) is 16.5. The maximum absolute atomic E-state index is 12.5. The Balaban J connectivity index is 1.96. The molecule has 3 aromatic carbocycles. The number of benzene rings is 3. The van der Waals surface area contributed by atoms with E-state index in [-0.39, 0.29) is 5.57 Å². The average Bonchev–Trinajstić information content (AvgIpc) is 2.63. The molecule has 3 aromatic rings. The Kier molecular flexibility index (Phi) is 4.63. The van der Waals surface area contributed by atoms with Gasteiger partial charge < -0.3 is 5.32 Å². The molecule has 0 heterocycles. The molecule has 0 saturated heterocycles. The summed E-state index contributed by atoms with van der Waals surface area (Å²) in [6.07, 6.45) is 1.64. The van der Waals surface area contributed by atoms with Crippen molar-refractivity contribution < 1.29 is 4.79 Å². The number of fused-ring (bicyclic) bond motifs is 1. The molecular weight excluding hydrogens is 308 g/mol. The molecule has 122 valence electrons. The lowest BCUT2D eigenvalue weighted by Gasteiger charge is -2.10. The number of carbonyl (C=O) groups is 1. The van der Waals surface area contributed by atoms with E-state index >= 15 is 0 Å². The van der Waals surface area contributed by atoms with Gasteiger partial charge in [0.05, 0.1) is 0 Å². The summed E-state index contributed by atoms with van der Waals surface area (Å²) in [5.41, 5.74) is 3.75. The second-order valence-electron chi connectivity index (χ2n) is 5.94. The van der Waals surface area contributed by atoms with Crippen LogP contribution in [0.1, 0.15) is 16.7 Å². The second kappa shape index (κ2) is 7.02. The van der Waals surface area contributed by atoms with Crippen LogP contribution in [0.15, 0.2) is 66.2 Å². The van der Waals surface area contributed by atoms with E-state index in [1.807, 2.05) is 80.6 Å². The van der Waals surface area contributed by atoms with Gasteiger partial charge in [-0.25, -0.2) is 0 Å². The maximum Gasteiger partial charge on any atom is 0.266 e. The van der Waals surface area contributed by atoms with E-state index in [0.29, 0.717) is 0 Å². The number of anilines is 1. The maximum atomic E-state index is 12.5. The van der Waals surface area contributed by atoms with Crippen LogP contribution in [0.25, 0.3) is 16.8 Å². The average molecular weight is 326 g/mol. The summed E-state index contributed by atoms with van der Waals surface area (Å²) in [5, 5.41) is 14.4. The molecule has 1 amide bonds. The fourth-order valence-electron chi connectivity index (χ4n) is 2.76. The Morgan fingerprint density at radius 3 is 2.52 bits per heavy atom. The van der Waals surface area contributed by atoms with E-state index < -0.39 is 5.91 Å². The number of carbonyl (C=O) groups excluding carboxylic acids is 1. The zero-order valence-corrected chi connectivity index (χ0v) is 14.2. The lowest BCUT2D eigenvalue weighted by Crippen LogP contribution is -2.14. The Labute approximate surface area is 147 Å². The summed E-state index contributed by atoms with van der Waals surface area (Å²) in [7, 11) is 0. The summed E-state index contributed by atoms with van der Waals surface area (Å²) in [4.78, 5) is 12.5. The number of hydrogen-bond donors (Lipinski definition) is 1. The van der Waals surface area contributed by atoms with Gasteiger partial charge >= 0.3 is 0 Å². The predicted molar refractivity (Wildman–Crippen MR) is 102 cm³/mol. The van der Waals surface area contributed by atoms with Crippen LogP contribution in [0.5, 0.6) is 0 Å². The van der Waals surface area contributed by atoms with Gasteiger partial charge in [0.1, 0.15) is 11.6 Å². The van der Waals surface area contributed by atoms with Gasteiger partial charge in [-0.1, -0.05) is 54.6 Å². The van der Waals surface area contributed by atoms with Crippen molar-refractivity contribution >= 4 is 28.4 Å². The number of amides is 1. The molecule has 0 bridgehead atoms. The predicted octanol–water partition coefficient (Wildman–Crippen LogP) is 5.00. The van der Waals surface area contributed by atoms with Gasteiger partial charge in [-0.05, 0) is 53.5 Å². The standard InChI is InChI=1S/C22H18N2O/c1-15-7-5-12-21(16(15)2)24-22(25)19(14-23)13-18-10-6-9-17-8-3-4-11-20(17)18/h3-13H,1-2H3,(H,24,25)/b19-13-. The summed E-state index contributed by atoms with van der Waals surface area (Å²) in [5.74, 6) is -0.399. The van der Waals surface area contributed by atoms with E-state index in [4.69, 9.17) is 0 Å². The zero-order chi connectivity index (χ0) is 17.8. The van der Waals surface area contributed by atoms with Crippen LogP contribution < -0.4 is 5.32 Å². The van der Waals surface area contributed by atoms with Crippen LogP contribution in [0.3, 0.4) is 0 Å². The molecule has 0 aliphatic carbocycles. The van der Waals surface area contributed by atoms with Crippen LogP contribution in [0, 0.1) is 25.2 Å². The van der Waals surface area contributed by atoms with Crippen molar-refractivity contribution in [2.75, 3.05) is 5.32 Å². The Hall–Kier alpha value is -3.38. The van der Waals surface area contributed by atoms with Gasteiger partial charge in [0.2, 0.25) is 0 Å². The van der Waals surface area contributed by atoms with Crippen molar-refractivity contribution in [3.63, 3.8) is 0 Å². The highest BCUT2D eigenvalue weighted by atomic mass is 16.1. The Morgan fingerprint density at radius 2 is 1.72 bits per heavy atom. The smallest absolute Gasteiger partial charge is 0.266 e. The lowest BCUT2D eigenvalue weighted by molar-refractivity contribution is -0.112. The largest absolute Gasteiger partial charge is 0.321 e. The van der Waals surface area contributed by atoms with Gasteiger partial charge in [0.15, 0.2) is 0 Å². The normalized spacial score (nSPS) is 11.2. The van der Waals surface area contributed by atoms with Gasteiger partial charge in [0, 0.05) is 5.69 Å². The molecule has 0 saturated carbocycles. The minimum atomic E-state index is -0.399. The molecule has 0 atom stereocenters. The summed E-state index contributed by atoms with van der Waals surface area (Å²) in [6, 6.07) is 21.5. The van der Waals surface area contributed by atoms with Crippen LogP contribution in [0.4, 0.5) is 5.69 Å². The third kappa shape index (κ3) is 3.44. The van der Waals surface area contributed by atoms with Gasteiger partial charge in [-0.3, -0.25) is 4.79 Å². The molecule has 3 heteroatoms. The van der Waals surface area contributed by atoms with E-state index in [1.165, 1.54) is 0 Å². The lowest BCUT2D eigenvalue weighted by atomic mass is 10.0. The minimum Gasteiger partial charge on any atom is -0.321 e. The molecular formula is C22H18N2O. The number of aryl methyl sites for hydroxylation is 1. The van der Waals surface area contributed by atoms with Crippen molar-refractivity contribution in [1.29, 1.82) is 5.26 Å². The summed E-state index contributed by atoms with van der Waals surface area (Å²) >= 11 is 0. The molecule has 25 heavy (non-hydrogen) atoms. The third-order valence-corrected chi connectivity index (χ3v) is 4.34. The molecule has 0 radical (unpaired) electrons. The highest BCUT2D eigenvalue weighted by molar-refractivity contribution is 6.11. The van der Waals surface area contributed by atoms with E-state index in [9.17, 15) is 10.1 Å². The molecule has 0 aromatic heterocycles. The van der Waals surface area contributed by atoms with Crippen molar-refractivity contribution in [1.82, 2.24) is 0 Å². The van der Waals surface area contributed by atoms with Crippen molar-refractivity contribution in [2.45, 2.75) is 13.8 Å². The molecule has 3 rings (SSSR count). The molecule has 0 spiro atoms. The number of hydrogen-bond acceptors (Lipinski definition) is 2.